The van der Waals surface area contributed by atoms with Gasteiger partial charge in [-0.05, 0) is 63.6 Å². The quantitative estimate of drug-likeness (QED) is 0.629. The van der Waals surface area contributed by atoms with E-state index in [0.29, 0.717) is 25.9 Å². The van der Waals surface area contributed by atoms with E-state index in [1.807, 2.05) is 30.3 Å². The summed E-state index contributed by atoms with van der Waals surface area (Å²) in [5.41, 5.74) is 1.46. The van der Waals surface area contributed by atoms with Crippen LogP contribution in [0.15, 0.2) is 56.8 Å². The highest BCUT2D eigenvalue weighted by molar-refractivity contribution is 9.10. The number of para-hydroxylation sites is 1. The summed E-state index contributed by atoms with van der Waals surface area (Å²) in [4.78, 5) is 29.9. The minimum absolute atomic E-state index is 0.161. The molecular formula is C20H17BrN2O5S. The van der Waals surface area contributed by atoms with Crippen molar-refractivity contribution in [2.75, 3.05) is 20.8 Å². The molecule has 3 rings (SSSR count). The third-order valence-corrected chi connectivity index (χ3v) is 5.52. The minimum Gasteiger partial charge on any atom is -0.493 e. The molecule has 0 radical (unpaired) electrons. The molecule has 1 aliphatic heterocycles. The highest BCUT2D eigenvalue weighted by Gasteiger charge is 2.30. The molecule has 1 amide bonds. The molecule has 1 aliphatic rings. The number of halogens is 1. The number of carbonyl (C=O) groups is 2. The van der Waals surface area contributed by atoms with E-state index in [9.17, 15) is 9.59 Å². The van der Waals surface area contributed by atoms with E-state index >= 15 is 0 Å². The fraction of sp³-hybridized carbons (Fsp3) is 0.150. The zero-order chi connectivity index (χ0) is 21.0. The van der Waals surface area contributed by atoms with Gasteiger partial charge in [0.05, 0.1) is 22.2 Å². The van der Waals surface area contributed by atoms with Crippen LogP contribution >= 0.6 is 27.7 Å². The van der Waals surface area contributed by atoms with Crippen LogP contribution in [0.3, 0.4) is 0 Å². The molecule has 1 saturated heterocycles. The average molecular weight is 477 g/mol. The Labute approximate surface area is 180 Å². The van der Waals surface area contributed by atoms with Gasteiger partial charge in [-0.15, -0.1) is 0 Å². The van der Waals surface area contributed by atoms with Gasteiger partial charge in [0.15, 0.2) is 23.3 Å². The molecule has 0 spiro atoms. The first kappa shape index (κ1) is 20.9. The third-order valence-electron chi connectivity index (χ3n) is 3.87. The van der Waals surface area contributed by atoms with Crippen LogP contribution in [-0.2, 0) is 9.59 Å². The van der Waals surface area contributed by atoms with E-state index in [2.05, 4.69) is 20.9 Å². The molecule has 150 valence electrons. The number of hydrogen-bond acceptors (Lipinski definition) is 6. The van der Waals surface area contributed by atoms with Crippen molar-refractivity contribution in [3.63, 3.8) is 0 Å². The van der Waals surface area contributed by atoms with Gasteiger partial charge in [0, 0.05) is 7.05 Å². The van der Waals surface area contributed by atoms with Crippen molar-refractivity contribution in [1.29, 1.82) is 0 Å². The van der Waals surface area contributed by atoms with Crippen LogP contribution in [0.25, 0.3) is 6.08 Å². The summed E-state index contributed by atoms with van der Waals surface area (Å²) in [5.74, 6) is -0.613. The standard InChI is InChI=1S/C20H17BrN2O5S/c1-23-19(26)16(29-20(23)22-13-6-4-3-5-7-13)10-12-8-14(21)18(15(9-12)27-2)28-11-17(24)25/h3-10H,11H2,1-2H3,(H,24,25). The normalized spacial score (nSPS) is 16.5. The van der Waals surface area contributed by atoms with Crippen LogP contribution in [0.1, 0.15) is 5.56 Å². The number of amides is 1. The second-order valence-electron chi connectivity index (χ2n) is 5.92. The monoisotopic (exact) mass is 476 g/mol. The predicted molar refractivity (Wildman–Crippen MR) is 116 cm³/mol. The van der Waals surface area contributed by atoms with Gasteiger partial charge in [-0.3, -0.25) is 9.69 Å². The number of methoxy groups -OCH3 is 1. The minimum atomic E-state index is -1.09. The number of carboxylic acid groups (broad SMARTS) is 1. The number of carboxylic acids is 1. The van der Waals surface area contributed by atoms with Gasteiger partial charge in [0.1, 0.15) is 0 Å². The van der Waals surface area contributed by atoms with Crippen LogP contribution in [-0.4, -0.2) is 47.8 Å². The smallest absolute Gasteiger partial charge is 0.341 e. The summed E-state index contributed by atoms with van der Waals surface area (Å²) in [6.07, 6.45) is 1.73. The van der Waals surface area contributed by atoms with Gasteiger partial charge >= 0.3 is 5.97 Å². The molecular weight excluding hydrogens is 460 g/mol. The first-order valence-electron chi connectivity index (χ1n) is 8.42. The lowest BCUT2D eigenvalue weighted by Gasteiger charge is -2.12. The first-order valence-corrected chi connectivity index (χ1v) is 10.0. The molecule has 0 unspecified atom stereocenters. The topological polar surface area (TPSA) is 88.4 Å². The Bertz CT molecular complexity index is 1010. The van der Waals surface area contributed by atoms with Crippen molar-refractivity contribution in [3.05, 3.63) is 57.4 Å². The maximum Gasteiger partial charge on any atom is 0.341 e. The highest BCUT2D eigenvalue weighted by atomic mass is 79.9. The second-order valence-corrected chi connectivity index (χ2v) is 7.78. The SMILES string of the molecule is COc1cc(C=C2SC(=Nc3ccccc3)N(C)C2=O)cc(Br)c1OCC(=O)O. The lowest BCUT2D eigenvalue weighted by Crippen LogP contribution is -2.23. The maximum absolute atomic E-state index is 12.6. The number of nitrogens with zero attached hydrogens (tertiary/aromatic N) is 2. The van der Waals surface area contributed by atoms with Crippen molar-refractivity contribution in [2.45, 2.75) is 0 Å². The first-order chi connectivity index (χ1) is 13.9. The molecule has 0 atom stereocenters. The fourth-order valence-corrected chi connectivity index (χ4v) is 4.07. The molecule has 0 aromatic heterocycles. The molecule has 9 heteroatoms. The Balaban J connectivity index is 1.89. The summed E-state index contributed by atoms with van der Waals surface area (Å²) in [5, 5.41) is 9.39. The molecule has 0 aliphatic carbocycles. The lowest BCUT2D eigenvalue weighted by atomic mass is 10.2. The van der Waals surface area contributed by atoms with Gasteiger partial charge < -0.3 is 14.6 Å². The Hall–Kier alpha value is -2.78. The number of rotatable bonds is 6. The molecule has 29 heavy (non-hydrogen) atoms. The van der Waals surface area contributed by atoms with Crippen LogP contribution in [0.4, 0.5) is 5.69 Å². The summed E-state index contributed by atoms with van der Waals surface area (Å²) in [6, 6.07) is 12.8. The summed E-state index contributed by atoms with van der Waals surface area (Å²) in [7, 11) is 3.14. The molecule has 0 bridgehead atoms. The molecule has 2 aromatic carbocycles. The highest BCUT2D eigenvalue weighted by Crippen LogP contribution is 2.39. The van der Waals surface area contributed by atoms with Crippen molar-refractivity contribution >= 4 is 56.5 Å². The van der Waals surface area contributed by atoms with E-state index in [4.69, 9.17) is 14.6 Å². The molecule has 1 fully saturated rings. The molecule has 7 nitrogen and oxygen atoms in total. The van der Waals surface area contributed by atoms with Crippen molar-refractivity contribution in [1.82, 2.24) is 4.90 Å². The average Bonchev–Trinajstić information content (AvgIpc) is 2.95. The maximum atomic E-state index is 12.6. The van der Waals surface area contributed by atoms with Crippen LogP contribution in [0, 0.1) is 0 Å². The Morgan fingerprint density at radius 1 is 1.31 bits per heavy atom. The third kappa shape index (κ3) is 4.99. The molecule has 2 aromatic rings. The number of amidine groups is 1. The van der Waals surface area contributed by atoms with E-state index in [-0.39, 0.29) is 11.7 Å². The van der Waals surface area contributed by atoms with Gasteiger partial charge in [0.25, 0.3) is 5.91 Å². The number of likely N-dealkylation sites (N-methyl/N-ethyl adjacent to an activating group) is 1. The Kier molecular flexibility index (Phi) is 6.60. The number of hydrogen-bond donors (Lipinski definition) is 1. The van der Waals surface area contributed by atoms with E-state index in [1.165, 1.54) is 23.8 Å². The van der Waals surface area contributed by atoms with Crippen molar-refractivity contribution in [2.24, 2.45) is 4.99 Å². The number of thioether (sulfide) groups is 1. The number of aliphatic imine (C=N–C) groups is 1. The van der Waals surface area contributed by atoms with Crippen molar-refractivity contribution < 1.29 is 24.2 Å². The molecule has 0 saturated carbocycles. The second kappa shape index (κ2) is 9.15. The fourth-order valence-electron chi connectivity index (χ4n) is 2.51. The number of aliphatic carboxylic acids is 1. The predicted octanol–water partition coefficient (Wildman–Crippen LogP) is 4.15. The Morgan fingerprint density at radius 2 is 2.03 bits per heavy atom. The van der Waals surface area contributed by atoms with Gasteiger partial charge in [0.2, 0.25) is 0 Å². The molecule has 1 N–H and O–H groups in total. The summed E-state index contributed by atoms with van der Waals surface area (Å²) >= 11 is 4.64. The Morgan fingerprint density at radius 3 is 2.69 bits per heavy atom. The zero-order valence-electron chi connectivity index (χ0n) is 15.6. The number of benzene rings is 2. The molecule has 1 heterocycles. The van der Waals surface area contributed by atoms with Crippen molar-refractivity contribution in [3.8, 4) is 11.5 Å². The number of ether oxygens (including phenoxy) is 2. The van der Waals surface area contributed by atoms with Crippen LogP contribution < -0.4 is 9.47 Å². The van der Waals surface area contributed by atoms with Crippen LogP contribution in [0.2, 0.25) is 0 Å². The summed E-state index contributed by atoms with van der Waals surface area (Å²) in [6.45, 7) is -0.492. The van der Waals surface area contributed by atoms with E-state index in [0.717, 1.165) is 5.69 Å². The van der Waals surface area contributed by atoms with E-state index in [1.54, 1.807) is 25.3 Å². The van der Waals surface area contributed by atoms with Gasteiger partial charge in [-0.1, -0.05) is 18.2 Å². The van der Waals surface area contributed by atoms with Gasteiger partial charge in [-0.25, -0.2) is 9.79 Å². The number of carbonyl (C=O) groups excluding carboxylic acids is 1. The van der Waals surface area contributed by atoms with Crippen LogP contribution in [0.5, 0.6) is 11.5 Å². The zero-order valence-corrected chi connectivity index (χ0v) is 18.0. The van der Waals surface area contributed by atoms with Gasteiger partial charge in [-0.2, -0.15) is 0 Å². The van der Waals surface area contributed by atoms with E-state index < -0.39 is 12.6 Å². The lowest BCUT2D eigenvalue weighted by molar-refractivity contribution is -0.139. The largest absolute Gasteiger partial charge is 0.493 e. The summed E-state index contributed by atoms with van der Waals surface area (Å²) < 4.78 is 11.1.